The number of aromatic nitrogens is 1. The number of alkyl halides is 1. The van der Waals surface area contributed by atoms with E-state index in [4.69, 9.17) is 15.2 Å². The highest BCUT2D eigenvalue weighted by atomic mass is 35.5. The van der Waals surface area contributed by atoms with Crippen LogP contribution in [0.5, 0.6) is 5.75 Å². The van der Waals surface area contributed by atoms with E-state index in [2.05, 4.69) is 9.98 Å². The maximum atomic E-state index is 12.5. The molecule has 0 aliphatic carbocycles. The largest absolute Gasteiger partial charge is 0.489 e. The van der Waals surface area contributed by atoms with Crippen molar-refractivity contribution in [1.29, 1.82) is 0 Å². The number of hydrogen-bond donors (Lipinski definition) is 1. The van der Waals surface area contributed by atoms with Crippen LogP contribution in [-0.2, 0) is 16.7 Å². The third kappa shape index (κ3) is 5.27. The minimum absolute atomic E-state index is 0. The highest BCUT2D eigenvalue weighted by Crippen LogP contribution is 2.29. The summed E-state index contributed by atoms with van der Waals surface area (Å²) in [5.74, 6) is 0.786. The average Bonchev–Trinajstić information content (AvgIpc) is 2.67. The van der Waals surface area contributed by atoms with Crippen LogP contribution >= 0.6 is 12.4 Å². The van der Waals surface area contributed by atoms with Gasteiger partial charge in [-0.25, -0.2) is 9.37 Å². The Balaban J connectivity index is 0.00000280. The highest BCUT2D eigenvalue weighted by Gasteiger charge is 2.30. The van der Waals surface area contributed by atoms with Gasteiger partial charge in [0.05, 0.1) is 12.8 Å². The van der Waals surface area contributed by atoms with Crippen LogP contribution in [0.3, 0.4) is 0 Å². The van der Waals surface area contributed by atoms with E-state index in [1.54, 1.807) is 12.1 Å². The Morgan fingerprint density at radius 2 is 2.18 bits per heavy atom. The van der Waals surface area contributed by atoms with Crippen LogP contribution < -0.4 is 10.5 Å². The molecule has 0 amide bonds. The van der Waals surface area contributed by atoms with E-state index in [-0.39, 0.29) is 31.2 Å². The molecule has 0 spiro atoms. The van der Waals surface area contributed by atoms with Gasteiger partial charge < -0.3 is 15.2 Å². The number of rotatable bonds is 7. The number of carbonyl (C=O) groups excluding carboxylic acids is 1. The second-order valence-corrected chi connectivity index (χ2v) is 6.59. The molecule has 0 saturated heterocycles. The molecule has 150 valence electrons. The molecule has 0 radical (unpaired) electrons. The number of hydrogen-bond acceptors (Lipinski definition) is 6. The zero-order valence-electron chi connectivity index (χ0n) is 15.6. The number of aliphatic imine (C=N–C) groups is 1. The maximum Gasteiger partial charge on any atom is 0.185 e. The molecule has 0 bridgehead atoms. The van der Waals surface area contributed by atoms with E-state index in [0.29, 0.717) is 30.5 Å². The van der Waals surface area contributed by atoms with Gasteiger partial charge in [0.15, 0.2) is 5.78 Å². The van der Waals surface area contributed by atoms with Gasteiger partial charge in [0, 0.05) is 6.42 Å². The monoisotopic (exact) mass is 407 g/mol. The number of Topliss-reactive ketones (excluding diaryl/α,β-unsaturated/α-hetero) is 1. The quantitative estimate of drug-likeness (QED) is 0.713. The number of nitrogens with zero attached hydrogens (tertiary/aromatic N) is 2. The van der Waals surface area contributed by atoms with Crippen LogP contribution in [0.4, 0.5) is 4.39 Å². The normalized spacial score (nSPS) is 18.7. The van der Waals surface area contributed by atoms with Crippen LogP contribution in [-0.4, -0.2) is 43.1 Å². The van der Waals surface area contributed by atoms with Crippen molar-refractivity contribution in [1.82, 2.24) is 4.98 Å². The number of halogens is 2. The number of amidine groups is 1. The second kappa shape index (κ2) is 9.61. The molecule has 6 nitrogen and oxygen atoms in total. The Morgan fingerprint density at radius 3 is 2.86 bits per heavy atom. The second-order valence-electron chi connectivity index (χ2n) is 6.59. The smallest absolute Gasteiger partial charge is 0.185 e. The fourth-order valence-corrected chi connectivity index (χ4v) is 2.96. The van der Waals surface area contributed by atoms with Crippen molar-refractivity contribution in [3.05, 3.63) is 59.4 Å². The molecule has 2 N–H and O–H groups in total. The molecule has 2 aromatic rings. The predicted molar refractivity (Wildman–Crippen MR) is 107 cm³/mol. The summed E-state index contributed by atoms with van der Waals surface area (Å²) < 4.78 is 22.8. The summed E-state index contributed by atoms with van der Waals surface area (Å²) in [5.41, 5.74) is 7.39. The van der Waals surface area contributed by atoms with E-state index in [1.807, 2.05) is 31.2 Å². The van der Waals surface area contributed by atoms with Crippen molar-refractivity contribution in [3.63, 3.8) is 0 Å². The van der Waals surface area contributed by atoms with Gasteiger partial charge in [-0.15, -0.1) is 12.4 Å². The first-order valence-corrected chi connectivity index (χ1v) is 8.69. The highest BCUT2D eigenvalue weighted by molar-refractivity contribution is 5.95. The van der Waals surface area contributed by atoms with Crippen LogP contribution in [0, 0.1) is 0 Å². The van der Waals surface area contributed by atoms with E-state index in [1.165, 1.54) is 6.20 Å². The summed E-state index contributed by atoms with van der Waals surface area (Å²) in [5, 5.41) is 0. The summed E-state index contributed by atoms with van der Waals surface area (Å²) >= 11 is 0. The first kappa shape index (κ1) is 21.8. The summed E-state index contributed by atoms with van der Waals surface area (Å²) in [7, 11) is 0. The van der Waals surface area contributed by atoms with Crippen LogP contribution in [0.2, 0.25) is 0 Å². The summed E-state index contributed by atoms with van der Waals surface area (Å²) in [6.07, 6.45) is 1.64. The summed E-state index contributed by atoms with van der Waals surface area (Å²) in [6.45, 7) is 2.13. The van der Waals surface area contributed by atoms with Gasteiger partial charge >= 0.3 is 0 Å². The topological polar surface area (TPSA) is 86.8 Å². The van der Waals surface area contributed by atoms with Gasteiger partial charge in [-0.3, -0.25) is 9.79 Å². The zero-order chi connectivity index (χ0) is 19.3. The molecule has 2 heterocycles. The molecule has 1 aliphatic rings. The Hall–Kier alpha value is -2.51. The molecule has 8 heteroatoms. The molecule has 1 aromatic heterocycles. The van der Waals surface area contributed by atoms with E-state index >= 15 is 0 Å². The first-order chi connectivity index (χ1) is 13.0. The van der Waals surface area contributed by atoms with Crippen molar-refractivity contribution in [3.8, 4) is 5.75 Å². The van der Waals surface area contributed by atoms with Crippen molar-refractivity contribution in [2.24, 2.45) is 10.7 Å². The fourth-order valence-electron chi connectivity index (χ4n) is 2.96. The first-order valence-electron chi connectivity index (χ1n) is 8.69. The number of carbonyl (C=O) groups is 1. The minimum atomic E-state index is -0.573. The van der Waals surface area contributed by atoms with Gasteiger partial charge in [-0.1, -0.05) is 24.3 Å². The van der Waals surface area contributed by atoms with Crippen LogP contribution in [0.15, 0.2) is 47.6 Å². The molecule has 1 aliphatic heterocycles. The lowest BCUT2D eigenvalue weighted by molar-refractivity contribution is 0.0987. The molecular formula is C20H23ClFN3O3. The summed E-state index contributed by atoms with van der Waals surface area (Å²) in [6, 6.07) is 10.9. The Morgan fingerprint density at radius 1 is 1.36 bits per heavy atom. The standard InChI is InChI=1S/C20H22FN3O3.ClH/c1-20(13-26-12-19(22)24-20)15-4-2-3-14(9-15)10-18(25)17-6-5-16(11-23-17)27-8-7-21;/h2-6,9,11H,7-8,10,12-13H2,1H3,(H2,22,24);1H. The number of pyridine rings is 1. The molecular weight excluding hydrogens is 385 g/mol. The van der Waals surface area contributed by atoms with E-state index in [9.17, 15) is 9.18 Å². The van der Waals surface area contributed by atoms with Crippen LogP contribution in [0.25, 0.3) is 0 Å². The molecule has 0 fully saturated rings. The van der Waals surface area contributed by atoms with Gasteiger partial charge in [-0.2, -0.15) is 0 Å². The molecule has 1 atom stereocenters. The molecule has 3 rings (SSSR count). The third-order valence-electron chi connectivity index (χ3n) is 4.30. The fraction of sp³-hybridized carbons (Fsp3) is 0.350. The van der Waals surface area contributed by atoms with Crippen molar-refractivity contribution >= 4 is 24.0 Å². The number of nitrogens with two attached hydrogens (primary N) is 1. The van der Waals surface area contributed by atoms with Crippen molar-refractivity contribution in [2.75, 3.05) is 26.5 Å². The SMILES string of the molecule is CC1(c2cccc(CC(=O)c3ccc(OCCF)cn3)c2)COCC(N)=N1.Cl. The van der Waals surface area contributed by atoms with E-state index in [0.717, 1.165) is 11.1 Å². The lowest BCUT2D eigenvalue weighted by atomic mass is 9.90. The molecule has 1 aromatic carbocycles. The predicted octanol–water partition coefficient (Wildman–Crippen LogP) is 2.88. The maximum absolute atomic E-state index is 12.5. The summed E-state index contributed by atoms with van der Waals surface area (Å²) in [4.78, 5) is 21.2. The molecule has 1 unspecified atom stereocenters. The van der Waals surface area contributed by atoms with E-state index < -0.39 is 12.2 Å². The minimum Gasteiger partial charge on any atom is -0.489 e. The number of ether oxygens (including phenoxy) is 2. The van der Waals surface area contributed by atoms with Gasteiger partial charge in [0.25, 0.3) is 0 Å². The lowest BCUT2D eigenvalue weighted by Crippen LogP contribution is -2.37. The average molecular weight is 408 g/mol. The molecule has 28 heavy (non-hydrogen) atoms. The third-order valence-corrected chi connectivity index (χ3v) is 4.30. The van der Waals surface area contributed by atoms with Crippen LogP contribution in [0.1, 0.15) is 28.5 Å². The van der Waals surface area contributed by atoms with Crippen molar-refractivity contribution in [2.45, 2.75) is 18.9 Å². The molecule has 0 saturated carbocycles. The Kier molecular flexibility index (Phi) is 7.48. The zero-order valence-corrected chi connectivity index (χ0v) is 16.4. The van der Waals surface area contributed by atoms with Gasteiger partial charge in [-0.05, 0) is 30.2 Å². The Labute approximate surface area is 169 Å². The lowest BCUT2D eigenvalue weighted by Gasteiger charge is -2.30. The van der Waals surface area contributed by atoms with Crippen molar-refractivity contribution < 1.29 is 18.7 Å². The van der Waals surface area contributed by atoms with Gasteiger partial charge in [0.2, 0.25) is 0 Å². The Bertz CT molecular complexity index is 845. The van der Waals surface area contributed by atoms with Gasteiger partial charge in [0.1, 0.15) is 42.7 Å². The number of ketones is 1. The number of benzene rings is 1.